The Bertz CT molecular complexity index is 1050. The van der Waals surface area contributed by atoms with Crippen LogP contribution in [0.15, 0.2) is 36.9 Å². The van der Waals surface area contributed by atoms with Gasteiger partial charge in [-0.2, -0.15) is 0 Å². The molecule has 0 spiro atoms. The van der Waals surface area contributed by atoms with Crippen molar-refractivity contribution in [2.24, 2.45) is 0 Å². The number of rotatable bonds is 3. The molecular formula is C21H18ClF3N2. The monoisotopic (exact) mass is 390 g/mol. The lowest BCUT2D eigenvalue weighted by Crippen LogP contribution is -2.27. The van der Waals surface area contributed by atoms with E-state index in [9.17, 15) is 13.2 Å². The van der Waals surface area contributed by atoms with Crippen molar-refractivity contribution in [2.75, 3.05) is 13.6 Å². The van der Waals surface area contributed by atoms with E-state index in [-0.39, 0.29) is 17.7 Å². The summed E-state index contributed by atoms with van der Waals surface area (Å²) < 4.78 is 43.6. The molecule has 140 valence electrons. The first-order valence-electron chi connectivity index (χ1n) is 8.66. The zero-order valence-electron chi connectivity index (χ0n) is 14.8. The summed E-state index contributed by atoms with van der Waals surface area (Å²) in [4.78, 5) is 2.22. The van der Waals surface area contributed by atoms with Crippen molar-refractivity contribution in [2.45, 2.75) is 19.5 Å². The summed E-state index contributed by atoms with van der Waals surface area (Å²) >= 11 is 6.19. The molecule has 0 unspecified atom stereocenters. The third kappa shape index (κ3) is 3.15. The molecule has 0 saturated carbocycles. The number of fused-ring (bicyclic) bond motifs is 3. The molecule has 0 fully saturated rings. The van der Waals surface area contributed by atoms with Crippen LogP contribution in [0, 0.1) is 17.5 Å². The first-order valence-corrected chi connectivity index (χ1v) is 9.03. The fraction of sp³-hybridized carbons (Fsp3) is 0.238. The molecule has 0 radical (unpaired) electrons. The van der Waals surface area contributed by atoms with E-state index in [1.165, 1.54) is 5.56 Å². The Hall–Kier alpha value is -2.24. The predicted molar refractivity (Wildman–Crippen MR) is 102 cm³/mol. The van der Waals surface area contributed by atoms with Crippen LogP contribution in [0.1, 0.15) is 16.8 Å². The number of hydrogen-bond donors (Lipinski definition) is 0. The fourth-order valence-electron chi connectivity index (χ4n) is 3.89. The van der Waals surface area contributed by atoms with Crippen molar-refractivity contribution < 1.29 is 13.2 Å². The number of likely N-dealkylation sites (N-methyl/N-ethyl adjacent to an activating group) is 1. The van der Waals surface area contributed by atoms with Gasteiger partial charge in [0.25, 0.3) is 0 Å². The molecule has 27 heavy (non-hydrogen) atoms. The smallest absolute Gasteiger partial charge is 0.136 e. The fourth-order valence-corrected chi connectivity index (χ4v) is 4.06. The van der Waals surface area contributed by atoms with Gasteiger partial charge in [-0.05, 0) is 36.4 Å². The zero-order valence-corrected chi connectivity index (χ0v) is 15.6. The van der Waals surface area contributed by atoms with Gasteiger partial charge in [0, 0.05) is 59.8 Å². The summed E-state index contributed by atoms with van der Waals surface area (Å²) in [5, 5.41) is 1.68. The maximum atomic E-state index is 14.2. The van der Waals surface area contributed by atoms with Crippen LogP contribution in [-0.4, -0.2) is 23.1 Å². The van der Waals surface area contributed by atoms with Crippen molar-refractivity contribution in [3.05, 3.63) is 76.2 Å². The van der Waals surface area contributed by atoms with Gasteiger partial charge in [0.15, 0.2) is 0 Å². The van der Waals surface area contributed by atoms with E-state index in [2.05, 4.69) is 18.5 Å². The third-order valence-corrected chi connectivity index (χ3v) is 5.35. The van der Waals surface area contributed by atoms with Gasteiger partial charge in [-0.1, -0.05) is 18.2 Å². The van der Waals surface area contributed by atoms with Crippen molar-refractivity contribution in [1.82, 2.24) is 9.47 Å². The first-order chi connectivity index (χ1) is 12.8. The van der Waals surface area contributed by atoms with Crippen LogP contribution in [0.4, 0.5) is 13.2 Å². The predicted octanol–water partition coefficient (Wildman–Crippen LogP) is 5.41. The molecule has 1 aliphatic heterocycles. The Morgan fingerprint density at radius 1 is 1.15 bits per heavy atom. The molecule has 4 rings (SSSR count). The highest BCUT2D eigenvalue weighted by molar-refractivity contribution is 6.31. The third-order valence-electron chi connectivity index (χ3n) is 5.12. The minimum atomic E-state index is -0.942. The summed E-state index contributed by atoms with van der Waals surface area (Å²) in [7, 11) is 2.05. The Balaban J connectivity index is 1.82. The van der Waals surface area contributed by atoms with Crippen molar-refractivity contribution >= 4 is 28.1 Å². The maximum Gasteiger partial charge on any atom is 0.136 e. The summed E-state index contributed by atoms with van der Waals surface area (Å²) in [6.07, 6.45) is 0.819. The summed E-state index contributed by atoms with van der Waals surface area (Å²) in [5.74, 6) is -2.82. The second-order valence-corrected chi connectivity index (χ2v) is 7.45. The van der Waals surface area contributed by atoms with Gasteiger partial charge >= 0.3 is 0 Å². The lowest BCUT2D eigenvalue weighted by molar-refractivity contribution is 0.310. The Morgan fingerprint density at radius 3 is 2.56 bits per heavy atom. The van der Waals surface area contributed by atoms with E-state index in [0.717, 1.165) is 36.1 Å². The Labute approximate surface area is 160 Å². The second kappa shape index (κ2) is 6.73. The zero-order chi connectivity index (χ0) is 19.3. The lowest BCUT2D eigenvalue weighted by atomic mass is 10.0. The highest BCUT2D eigenvalue weighted by atomic mass is 35.5. The van der Waals surface area contributed by atoms with E-state index in [1.807, 2.05) is 16.7 Å². The summed E-state index contributed by atoms with van der Waals surface area (Å²) in [5.41, 5.74) is 3.24. The van der Waals surface area contributed by atoms with Gasteiger partial charge in [0.2, 0.25) is 0 Å². The van der Waals surface area contributed by atoms with Gasteiger partial charge in [-0.15, -0.1) is 0 Å². The molecular weight excluding hydrogens is 373 g/mol. The summed E-state index contributed by atoms with van der Waals surface area (Å²) in [6.45, 7) is 5.77. The van der Waals surface area contributed by atoms with Crippen molar-refractivity contribution in [3.63, 3.8) is 0 Å². The standard InChI is InChI=1S/C21H18ClF3N2/c1-12(21-17(24)8-14(23)9-18(21)25)10-27-19-4-3-13(22)7-15(19)16-11-26(2)6-5-20(16)27/h3-4,7-9H,1,5-6,10-11H2,2H3. The van der Waals surface area contributed by atoms with Gasteiger partial charge < -0.3 is 9.47 Å². The largest absolute Gasteiger partial charge is 0.340 e. The minimum Gasteiger partial charge on any atom is -0.340 e. The molecule has 0 aliphatic carbocycles. The van der Waals surface area contributed by atoms with E-state index in [1.54, 1.807) is 6.07 Å². The van der Waals surface area contributed by atoms with Crippen molar-refractivity contribution in [1.29, 1.82) is 0 Å². The molecule has 1 aromatic heterocycles. The SMILES string of the molecule is C=C(Cn1c2c(c3cc(Cl)ccc31)CN(C)CC2)c1c(F)cc(F)cc1F. The van der Waals surface area contributed by atoms with Gasteiger partial charge in [-0.25, -0.2) is 13.2 Å². The number of allylic oxidation sites excluding steroid dienone is 1. The highest BCUT2D eigenvalue weighted by Crippen LogP contribution is 2.34. The molecule has 0 atom stereocenters. The number of nitrogens with zero attached hydrogens (tertiary/aromatic N) is 2. The van der Waals surface area contributed by atoms with E-state index < -0.39 is 17.5 Å². The molecule has 2 aromatic carbocycles. The molecule has 1 aliphatic rings. The molecule has 2 heterocycles. The molecule has 3 aromatic rings. The molecule has 0 bridgehead atoms. The second-order valence-electron chi connectivity index (χ2n) is 7.01. The van der Waals surface area contributed by atoms with E-state index in [0.29, 0.717) is 17.2 Å². The normalized spacial score (nSPS) is 14.6. The average molecular weight is 391 g/mol. The van der Waals surface area contributed by atoms with E-state index >= 15 is 0 Å². The van der Waals surface area contributed by atoms with Crippen LogP contribution in [0.5, 0.6) is 0 Å². The highest BCUT2D eigenvalue weighted by Gasteiger charge is 2.24. The minimum absolute atomic E-state index is 0.219. The molecule has 0 saturated heterocycles. The van der Waals surface area contributed by atoms with E-state index in [4.69, 9.17) is 11.6 Å². The van der Waals surface area contributed by atoms with Crippen LogP contribution >= 0.6 is 11.6 Å². The lowest BCUT2D eigenvalue weighted by Gasteiger charge is -2.24. The van der Waals surface area contributed by atoms with Crippen LogP contribution in [0.3, 0.4) is 0 Å². The van der Waals surface area contributed by atoms with Crippen LogP contribution in [0.2, 0.25) is 5.02 Å². The average Bonchev–Trinajstić information content (AvgIpc) is 2.86. The molecule has 0 N–H and O–H groups in total. The van der Waals surface area contributed by atoms with Crippen LogP contribution in [0.25, 0.3) is 16.5 Å². The first kappa shape index (κ1) is 18.1. The quantitative estimate of drug-likeness (QED) is 0.580. The molecule has 0 amide bonds. The maximum absolute atomic E-state index is 14.2. The van der Waals surface area contributed by atoms with Gasteiger partial charge in [0.1, 0.15) is 17.5 Å². The Morgan fingerprint density at radius 2 is 1.85 bits per heavy atom. The number of hydrogen-bond acceptors (Lipinski definition) is 1. The van der Waals surface area contributed by atoms with Crippen LogP contribution in [-0.2, 0) is 19.5 Å². The number of benzene rings is 2. The molecule has 6 heteroatoms. The Kier molecular flexibility index (Phi) is 4.52. The number of halogens is 4. The summed E-state index contributed by atoms with van der Waals surface area (Å²) in [6, 6.07) is 7.01. The van der Waals surface area contributed by atoms with Crippen LogP contribution < -0.4 is 0 Å². The topological polar surface area (TPSA) is 8.17 Å². The van der Waals surface area contributed by atoms with Gasteiger partial charge in [-0.3, -0.25) is 0 Å². The number of aromatic nitrogens is 1. The van der Waals surface area contributed by atoms with Gasteiger partial charge in [0.05, 0.1) is 5.56 Å². The van der Waals surface area contributed by atoms with Crippen molar-refractivity contribution in [3.8, 4) is 0 Å². The molecule has 2 nitrogen and oxygen atoms in total.